The van der Waals surface area contributed by atoms with Crippen LogP contribution in [0.15, 0.2) is 42.5 Å². The summed E-state index contributed by atoms with van der Waals surface area (Å²) in [5.41, 5.74) is 0.110. The smallest absolute Gasteiger partial charge is 0.338 e. The average molecular weight is 290 g/mol. The summed E-state index contributed by atoms with van der Waals surface area (Å²) in [6.45, 7) is 9.73. The van der Waals surface area contributed by atoms with Crippen LogP contribution in [0.4, 0.5) is 0 Å². The Balaban J connectivity index is 3.14. The Hall–Kier alpha value is -2.89. The van der Waals surface area contributed by atoms with Crippen LogP contribution in [0.25, 0.3) is 0 Å². The molecular weight excluding hydrogens is 276 g/mol. The van der Waals surface area contributed by atoms with Gasteiger partial charge in [0.2, 0.25) is 0 Å². The van der Waals surface area contributed by atoms with E-state index in [-0.39, 0.29) is 28.2 Å². The van der Waals surface area contributed by atoms with Crippen molar-refractivity contribution in [1.82, 2.24) is 0 Å². The number of benzene rings is 1. The van der Waals surface area contributed by atoms with Gasteiger partial charge in [-0.15, -0.1) is 0 Å². The van der Waals surface area contributed by atoms with Gasteiger partial charge in [-0.25, -0.2) is 14.4 Å². The molecule has 0 heterocycles. The van der Waals surface area contributed by atoms with Crippen LogP contribution in [-0.4, -0.2) is 23.0 Å². The molecule has 0 aromatic heterocycles. The van der Waals surface area contributed by atoms with Gasteiger partial charge in [-0.2, -0.15) is 0 Å². The van der Waals surface area contributed by atoms with Crippen molar-refractivity contribution >= 4 is 17.9 Å². The van der Waals surface area contributed by atoms with Crippen molar-refractivity contribution < 1.29 is 29.0 Å². The molecule has 0 aliphatic carbocycles. The fourth-order valence-corrected chi connectivity index (χ4v) is 1.20. The van der Waals surface area contributed by atoms with E-state index in [0.717, 1.165) is 12.1 Å². The molecule has 0 saturated carbocycles. The molecule has 0 atom stereocenters. The number of aromatic carboxylic acids is 1. The van der Waals surface area contributed by atoms with E-state index in [4.69, 9.17) is 14.6 Å². The van der Waals surface area contributed by atoms with Crippen molar-refractivity contribution in [3.05, 3.63) is 48.1 Å². The molecule has 0 bridgehead atoms. The molecule has 0 amide bonds. The Kier molecular flexibility index (Phi) is 5.01. The average Bonchev–Trinajstić information content (AvgIpc) is 2.37. The van der Waals surface area contributed by atoms with E-state index in [1.54, 1.807) is 0 Å². The maximum absolute atomic E-state index is 11.4. The van der Waals surface area contributed by atoms with Crippen LogP contribution in [0.2, 0.25) is 0 Å². The van der Waals surface area contributed by atoms with E-state index < -0.39 is 17.9 Å². The normalized spacial score (nSPS) is 9.62. The number of carbonyl (C=O) groups excluding carboxylic acids is 2. The summed E-state index contributed by atoms with van der Waals surface area (Å²) in [6.07, 6.45) is 0. The summed E-state index contributed by atoms with van der Waals surface area (Å²) >= 11 is 0. The monoisotopic (exact) mass is 290 g/mol. The Morgan fingerprint density at radius 3 is 1.57 bits per heavy atom. The molecule has 1 aromatic carbocycles. The highest BCUT2D eigenvalue weighted by Gasteiger charge is 2.14. The number of rotatable bonds is 5. The lowest BCUT2D eigenvalue weighted by molar-refractivity contribution is -0.130. The van der Waals surface area contributed by atoms with Gasteiger partial charge in [0.05, 0.1) is 5.56 Å². The van der Waals surface area contributed by atoms with Gasteiger partial charge in [-0.1, -0.05) is 13.2 Å². The molecule has 21 heavy (non-hydrogen) atoms. The number of carboxylic acid groups (broad SMARTS) is 1. The van der Waals surface area contributed by atoms with E-state index in [2.05, 4.69) is 13.2 Å². The van der Waals surface area contributed by atoms with E-state index in [0.29, 0.717) is 0 Å². The number of carboxylic acids is 1. The number of hydrogen-bond acceptors (Lipinski definition) is 5. The molecule has 0 saturated heterocycles. The standard InChI is InChI=1S/C15H14O6/c1-8(2)14(18)20-11-5-10(13(16)17)6-12(7-11)21-15(19)9(3)4/h5-7H,1,3H2,2,4H3,(H,16,17). The lowest BCUT2D eigenvalue weighted by Gasteiger charge is -2.09. The summed E-state index contributed by atoms with van der Waals surface area (Å²) in [6, 6.07) is 3.51. The first-order valence-corrected chi connectivity index (χ1v) is 5.84. The van der Waals surface area contributed by atoms with Crippen LogP contribution in [-0.2, 0) is 9.59 Å². The minimum atomic E-state index is -1.25. The highest BCUT2D eigenvalue weighted by atomic mass is 16.5. The van der Waals surface area contributed by atoms with Crippen LogP contribution >= 0.6 is 0 Å². The van der Waals surface area contributed by atoms with Crippen LogP contribution in [0.1, 0.15) is 24.2 Å². The molecule has 0 aliphatic heterocycles. The van der Waals surface area contributed by atoms with Crippen molar-refractivity contribution in [2.45, 2.75) is 13.8 Å². The zero-order valence-electron chi connectivity index (χ0n) is 11.6. The fourth-order valence-electron chi connectivity index (χ4n) is 1.20. The number of esters is 2. The topological polar surface area (TPSA) is 89.9 Å². The molecule has 6 nitrogen and oxygen atoms in total. The number of hydrogen-bond donors (Lipinski definition) is 1. The van der Waals surface area contributed by atoms with Gasteiger partial charge >= 0.3 is 17.9 Å². The van der Waals surface area contributed by atoms with Crippen molar-refractivity contribution in [3.63, 3.8) is 0 Å². The third kappa shape index (κ3) is 4.61. The maximum atomic E-state index is 11.4. The van der Waals surface area contributed by atoms with Crippen LogP contribution in [0.5, 0.6) is 11.5 Å². The fraction of sp³-hybridized carbons (Fsp3) is 0.133. The molecular formula is C15H14O6. The third-order valence-electron chi connectivity index (χ3n) is 2.25. The summed E-state index contributed by atoms with van der Waals surface area (Å²) in [5, 5.41) is 9.00. The van der Waals surface area contributed by atoms with Crippen molar-refractivity contribution in [2.75, 3.05) is 0 Å². The predicted molar refractivity (Wildman–Crippen MR) is 74.3 cm³/mol. The lowest BCUT2D eigenvalue weighted by Crippen LogP contribution is -2.11. The van der Waals surface area contributed by atoms with Gasteiger partial charge in [0.25, 0.3) is 0 Å². The van der Waals surface area contributed by atoms with Gasteiger partial charge in [0.15, 0.2) is 0 Å². The van der Waals surface area contributed by atoms with E-state index >= 15 is 0 Å². The Morgan fingerprint density at radius 2 is 1.29 bits per heavy atom. The molecule has 0 fully saturated rings. The van der Waals surface area contributed by atoms with Crippen LogP contribution in [0.3, 0.4) is 0 Å². The molecule has 1 N–H and O–H groups in total. The van der Waals surface area contributed by atoms with Crippen LogP contribution in [0, 0.1) is 0 Å². The third-order valence-corrected chi connectivity index (χ3v) is 2.25. The van der Waals surface area contributed by atoms with E-state index in [9.17, 15) is 14.4 Å². The number of ether oxygens (including phenoxy) is 2. The van der Waals surface area contributed by atoms with Gasteiger partial charge in [-0.3, -0.25) is 0 Å². The van der Waals surface area contributed by atoms with Gasteiger partial charge in [0.1, 0.15) is 11.5 Å². The first-order chi connectivity index (χ1) is 9.70. The molecule has 0 aliphatic rings. The van der Waals surface area contributed by atoms with Gasteiger partial charge in [-0.05, 0) is 26.0 Å². The SMILES string of the molecule is C=C(C)C(=O)Oc1cc(OC(=O)C(=C)C)cc(C(=O)O)c1. The molecule has 1 rings (SSSR count). The molecule has 110 valence electrons. The lowest BCUT2D eigenvalue weighted by atomic mass is 10.2. The summed E-state index contributed by atoms with van der Waals surface area (Å²) in [4.78, 5) is 33.9. The Morgan fingerprint density at radius 1 is 0.905 bits per heavy atom. The highest BCUT2D eigenvalue weighted by molar-refractivity contribution is 5.92. The zero-order chi connectivity index (χ0) is 16.2. The Bertz CT molecular complexity index is 595. The first kappa shape index (κ1) is 16.2. The predicted octanol–water partition coefficient (Wildman–Crippen LogP) is 2.35. The second-order valence-electron chi connectivity index (χ2n) is 4.34. The van der Waals surface area contributed by atoms with Crippen LogP contribution < -0.4 is 9.47 Å². The van der Waals surface area contributed by atoms with Gasteiger partial charge < -0.3 is 14.6 Å². The number of carbonyl (C=O) groups is 3. The minimum absolute atomic E-state index is 0.0626. The largest absolute Gasteiger partial charge is 0.478 e. The maximum Gasteiger partial charge on any atom is 0.338 e. The van der Waals surface area contributed by atoms with E-state index in [1.165, 1.54) is 19.9 Å². The zero-order valence-corrected chi connectivity index (χ0v) is 11.6. The molecule has 0 radical (unpaired) electrons. The van der Waals surface area contributed by atoms with Crippen molar-refractivity contribution in [3.8, 4) is 11.5 Å². The van der Waals surface area contributed by atoms with Gasteiger partial charge in [0, 0.05) is 17.2 Å². The summed E-state index contributed by atoms with van der Waals surface area (Å²) in [7, 11) is 0. The van der Waals surface area contributed by atoms with E-state index in [1.807, 2.05) is 0 Å². The second-order valence-corrected chi connectivity index (χ2v) is 4.34. The molecule has 6 heteroatoms. The minimum Gasteiger partial charge on any atom is -0.478 e. The quantitative estimate of drug-likeness (QED) is 0.508. The van der Waals surface area contributed by atoms with Crippen molar-refractivity contribution in [2.24, 2.45) is 0 Å². The summed E-state index contributed by atoms with van der Waals surface area (Å²) in [5.74, 6) is -2.81. The molecule has 0 unspecified atom stereocenters. The second kappa shape index (κ2) is 6.51. The molecule has 0 spiro atoms. The summed E-state index contributed by atoms with van der Waals surface area (Å²) < 4.78 is 9.87. The molecule has 1 aromatic rings. The Labute approximate surface area is 121 Å². The van der Waals surface area contributed by atoms with Crippen molar-refractivity contribution in [1.29, 1.82) is 0 Å². The first-order valence-electron chi connectivity index (χ1n) is 5.84. The highest BCUT2D eigenvalue weighted by Crippen LogP contribution is 2.24.